The highest BCUT2D eigenvalue weighted by Gasteiger charge is 2.50. The highest BCUT2D eigenvalue weighted by molar-refractivity contribution is 6.07. The number of halogens is 6. The number of ether oxygens (including phenoxy) is 2. The molecule has 220 valence electrons. The van der Waals surface area contributed by atoms with Crippen LogP contribution in [-0.4, -0.2) is 32.1 Å². The molecule has 1 aliphatic carbocycles. The molecular formula is C30H24F6N2O4. The summed E-state index contributed by atoms with van der Waals surface area (Å²) in [7, 11) is 2.93. The molecule has 0 spiro atoms. The molecule has 3 aromatic rings. The summed E-state index contributed by atoms with van der Waals surface area (Å²) in [6, 6.07) is 12.7. The Bertz CT molecular complexity index is 1560. The number of rotatable bonds is 4. The van der Waals surface area contributed by atoms with Crippen molar-refractivity contribution in [3.8, 4) is 11.5 Å². The standard InChI is InChI=1S/C30H24F6N2O4/c1-41-24-12-9-17(15-25(24)42-2)18-13-21-26(23(39)14-18)27(16-7-10-19(11-8-16)29(31,32)33)38(28(40)30(34,35)36)22-6-4-3-5-20(22)37-21/h3-12,15,18,27,37H,13-14H2,1-2H3/t18-,27+/m0/s1. The van der Waals surface area contributed by atoms with Crippen molar-refractivity contribution in [2.24, 2.45) is 0 Å². The molecule has 2 atom stereocenters. The van der Waals surface area contributed by atoms with Crippen LogP contribution in [0, 0.1) is 0 Å². The van der Waals surface area contributed by atoms with Crippen LogP contribution >= 0.6 is 0 Å². The Morgan fingerprint density at radius 1 is 0.857 bits per heavy atom. The number of para-hydroxylation sites is 2. The summed E-state index contributed by atoms with van der Waals surface area (Å²) in [5.41, 5.74) is -0.288. The number of anilines is 2. The van der Waals surface area contributed by atoms with Gasteiger partial charge in [0.25, 0.3) is 0 Å². The normalized spacial score (nSPS) is 19.0. The minimum Gasteiger partial charge on any atom is -0.493 e. The van der Waals surface area contributed by atoms with Crippen molar-refractivity contribution in [2.75, 3.05) is 24.4 Å². The third kappa shape index (κ3) is 5.28. The number of fused-ring (bicyclic) bond motifs is 1. The van der Waals surface area contributed by atoms with Crippen LogP contribution < -0.4 is 19.7 Å². The number of amides is 1. The van der Waals surface area contributed by atoms with Gasteiger partial charge >= 0.3 is 18.3 Å². The molecular weight excluding hydrogens is 566 g/mol. The Balaban J connectivity index is 1.70. The minimum atomic E-state index is -5.35. The maximum Gasteiger partial charge on any atom is 0.471 e. The van der Waals surface area contributed by atoms with Crippen LogP contribution in [0.25, 0.3) is 0 Å². The number of carbonyl (C=O) groups excluding carboxylic acids is 2. The molecule has 1 N–H and O–H groups in total. The zero-order valence-electron chi connectivity index (χ0n) is 22.3. The molecule has 3 aromatic carbocycles. The number of nitrogens with zero attached hydrogens (tertiary/aromatic N) is 1. The summed E-state index contributed by atoms with van der Waals surface area (Å²) in [5, 5.41) is 3.08. The first kappa shape index (κ1) is 29.0. The van der Waals surface area contributed by atoms with Gasteiger partial charge in [-0.2, -0.15) is 26.3 Å². The molecule has 0 saturated heterocycles. The molecule has 1 heterocycles. The van der Waals surface area contributed by atoms with Crippen molar-refractivity contribution in [2.45, 2.75) is 37.2 Å². The quantitative estimate of drug-likeness (QED) is 0.326. The fourth-order valence-corrected chi connectivity index (χ4v) is 5.46. The summed E-state index contributed by atoms with van der Waals surface area (Å²) in [6.07, 6.45) is -10.0. The molecule has 5 rings (SSSR count). The Labute approximate surface area is 236 Å². The third-order valence-corrected chi connectivity index (χ3v) is 7.38. The number of methoxy groups -OCH3 is 2. The van der Waals surface area contributed by atoms with Gasteiger partial charge in [0.1, 0.15) is 0 Å². The van der Waals surface area contributed by atoms with Gasteiger partial charge in [-0.15, -0.1) is 0 Å². The number of hydrogen-bond donors (Lipinski definition) is 1. The maximum atomic E-state index is 14.0. The fraction of sp³-hybridized carbons (Fsp3) is 0.267. The molecule has 0 aromatic heterocycles. The molecule has 12 heteroatoms. The van der Waals surface area contributed by atoms with E-state index in [4.69, 9.17) is 9.47 Å². The second-order valence-corrected chi connectivity index (χ2v) is 9.87. The third-order valence-electron chi connectivity index (χ3n) is 7.38. The molecule has 1 amide bonds. The van der Waals surface area contributed by atoms with Gasteiger partial charge in [-0.3, -0.25) is 14.5 Å². The Kier molecular flexibility index (Phi) is 7.42. The van der Waals surface area contributed by atoms with Crippen LogP contribution in [0.4, 0.5) is 37.7 Å². The molecule has 42 heavy (non-hydrogen) atoms. The molecule has 0 saturated carbocycles. The van der Waals surface area contributed by atoms with Crippen LogP contribution in [0.5, 0.6) is 11.5 Å². The van der Waals surface area contributed by atoms with E-state index in [0.29, 0.717) is 22.0 Å². The highest BCUT2D eigenvalue weighted by Crippen LogP contribution is 2.49. The van der Waals surface area contributed by atoms with Gasteiger partial charge in [0.05, 0.1) is 37.2 Å². The number of ketones is 1. The van der Waals surface area contributed by atoms with E-state index in [2.05, 4.69) is 5.32 Å². The predicted octanol–water partition coefficient (Wildman–Crippen LogP) is 7.19. The number of nitrogens with one attached hydrogen (secondary N) is 1. The van der Waals surface area contributed by atoms with Crippen molar-refractivity contribution >= 4 is 23.1 Å². The summed E-state index contributed by atoms with van der Waals surface area (Å²) < 4.78 is 92.7. The summed E-state index contributed by atoms with van der Waals surface area (Å²) in [4.78, 5) is 27.3. The lowest BCUT2D eigenvalue weighted by Gasteiger charge is -2.35. The lowest BCUT2D eigenvalue weighted by atomic mass is 9.78. The van der Waals surface area contributed by atoms with Crippen LogP contribution in [0.3, 0.4) is 0 Å². The second-order valence-electron chi connectivity index (χ2n) is 9.87. The smallest absolute Gasteiger partial charge is 0.471 e. The Hall–Kier alpha value is -4.48. The van der Waals surface area contributed by atoms with Crippen molar-refractivity contribution in [3.05, 3.63) is 94.7 Å². The van der Waals surface area contributed by atoms with E-state index in [1.165, 1.54) is 32.4 Å². The zero-order chi connectivity index (χ0) is 30.4. The zero-order valence-corrected chi connectivity index (χ0v) is 22.3. The summed E-state index contributed by atoms with van der Waals surface area (Å²) in [6.45, 7) is 0. The van der Waals surface area contributed by atoms with Gasteiger partial charge < -0.3 is 14.8 Å². The fourth-order valence-electron chi connectivity index (χ4n) is 5.46. The number of allylic oxidation sites excluding steroid dienone is 1. The Morgan fingerprint density at radius 2 is 1.50 bits per heavy atom. The number of benzene rings is 3. The SMILES string of the molecule is COc1ccc([C@@H]2CC(=O)C3=C(C2)Nc2ccccc2N(C(=O)C(F)(F)F)[C@@H]3c2ccc(C(F)(F)F)cc2)cc1OC. The van der Waals surface area contributed by atoms with E-state index in [9.17, 15) is 35.9 Å². The first-order valence-corrected chi connectivity index (χ1v) is 12.7. The van der Waals surface area contributed by atoms with Crippen LogP contribution in [0.15, 0.2) is 78.0 Å². The van der Waals surface area contributed by atoms with Crippen molar-refractivity contribution in [1.29, 1.82) is 0 Å². The number of alkyl halides is 6. The van der Waals surface area contributed by atoms with E-state index in [0.717, 1.165) is 24.3 Å². The summed E-state index contributed by atoms with van der Waals surface area (Å²) in [5.74, 6) is -2.35. The highest BCUT2D eigenvalue weighted by atomic mass is 19.4. The maximum absolute atomic E-state index is 14.0. The van der Waals surface area contributed by atoms with E-state index < -0.39 is 41.6 Å². The molecule has 0 fully saturated rings. The topological polar surface area (TPSA) is 67.9 Å². The van der Waals surface area contributed by atoms with Gasteiger partial charge in [0.2, 0.25) is 0 Å². The molecule has 0 bridgehead atoms. The lowest BCUT2D eigenvalue weighted by molar-refractivity contribution is -0.170. The first-order chi connectivity index (χ1) is 19.8. The monoisotopic (exact) mass is 590 g/mol. The van der Waals surface area contributed by atoms with Gasteiger partial charge in [-0.05, 0) is 59.9 Å². The van der Waals surface area contributed by atoms with E-state index in [1.807, 2.05) is 0 Å². The summed E-state index contributed by atoms with van der Waals surface area (Å²) >= 11 is 0. The number of hydrogen-bond acceptors (Lipinski definition) is 5. The van der Waals surface area contributed by atoms with Gasteiger partial charge in [-0.1, -0.05) is 30.3 Å². The number of Topliss-reactive ketones (excluding diaryl/α,β-unsaturated/α-hetero) is 1. The predicted molar refractivity (Wildman–Crippen MR) is 141 cm³/mol. The molecule has 1 aliphatic heterocycles. The van der Waals surface area contributed by atoms with Crippen molar-refractivity contribution < 1.29 is 45.4 Å². The largest absolute Gasteiger partial charge is 0.493 e. The molecule has 0 unspecified atom stereocenters. The van der Waals surface area contributed by atoms with E-state index in [1.54, 1.807) is 24.3 Å². The Morgan fingerprint density at radius 3 is 2.12 bits per heavy atom. The minimum absolute atomic E-state index is 0.0791. The molecule has 0 radical (unpaired) electrons. The van der Waals surface area contributed by atoms with Crippen molar-refractivity contribution in [3.63, 3.8) is 0 Å². The van der Waals surface area contributed by atoms with Gasteiger partial charge in [0.15, 0.2) is 17.3 Å². The average molecular weight is 591 g/mol. The van der Waals surface area contributed by atoms with E-state index >= 15 is 0 Å². The molecule has 6 nitrogen and oxygen atoms in total. The molecule has 2 aliphatic rings. The average Bonchev–Trinajstić information content (AvgIpc) is 3.10. The lowest BCUT2D eigenvalue weighted by Crippen LogP contribution is -2.45. The number of carbonyl (C=O) groups is 2. The first-order valence-electron chi connectivity index (χ1n) is 12.7. The second kappa shape index (κ2) is 10.7. The van der Waals surface area contributed by atoms with Crippen LogP contribution in [0.2, 0.25) is 0 Å². The van der Waals surface area contributed by atoms with E-state index in [-0.39, 0.29) is 41.1 Å². The van der Waals surface area contributed by atoms with Gasteiger partial charge in [-0.25, -0.2) is 0 Å². The van der Waals surface area contributed by atoms with Crippen molar-refractivity contribution in [1.82, 2.24) is 0 Å². The van der Waals surface area contributed by atoms with Crippen LogP contribution in [0.1, 0.15) is 41.5 Å². The van der Waals surface area contributed by atoms with Gasteiger partial charge in [0, 0.05) is 17.7 Å². The van der Waals surface area contributed by atoms with Crippen LogP contribution in [-0.2, 0) is 15.8 Å².